The van der Waals surface area contributed by atoms with Gasteiger partial charge in [-0.3, -0.25) is 0 Å². The molecular weight excluding hydrogens is 404 g/mol. The number of nitrogens with one attached hydrogen (secondary N) is 3. The third kappa shape index (κ3) is 4.95. The van der Waals surface area contributed by atoms with E-state index in [4.69, 9.17) is 5.41 Å². The molecule has 4 heteroatoms. The Balaban J connectivity index is 1.41. The van der Waals surface area contributed by atoms with Crippen molar-refractivity contribution in [3.63, 3.8) is 0 Å². The predicted octanol–water partition coefficient (Wildman–Crippen LogP) is 6.46. The summed E-state index contributed by atoms with van der Waals surface area (Å²) in [6.45, 7) is 18.2. The Morgan fingerprint density at radius 3 is 2.79 bits per heavy atom. The zero-order valence-electron chi connectivity index (χ0n) is 19.9. The Morgan fingerprint density at radius 1 is 1.21 bits per heavy atom. The van der Waals surface area contributed by atoms with Gasteiger partial charge in [0.1, 0.15) is 0 Å². The van der Waals surface area contributed by atoms with Crippen LogP contribution in [-0.2, 0) is 19.3 Å². The molecule has 4 nitrogen and oxygen atoms in total. The number of anilines is 2. The van der Waals surface area contributed by atoms with E-state index in [-0.39, 0.29) is 0 Å². The van der Waals surface area contributed by atoms with Crippen molar-refractivity contribution in [2.75, 3.05) is 23.7 Å². The standard InChI is InChI=1S/C29H34N4/c1-19(2)33(13-12-24-8-11-27-20(3)6-10-28(27)22(24)5)18-23(16-30)17-31-26-9-7-25-14-21(4)32-29(25)15-26/h7-9,11,15-17,30-32H,1,3-4,6,10,12-14,18H2,2,5H3/b23-17+,30-16?. The highest BCUT2D eigenvalue weighted by molar-refractivity contribution is 5.77. The van der Waals surface area contributed by atoms with E-state index in [1.165, 1.54) is 39.6 Å². The van der Waals surface area contributed by atoms with Crippen molar-refractivity contribution in [1.82, 2.24) is 4.90 Å². The van der Waals surface area contributed by atoms with E-state index in [1.807, 2.05) is 13.1 Å². The molecule has 0 radical (unpaired) electrons. The summed E-state index contributed by atoms with van der Waals surface area (Å²) in [6, 6.07) is 10.8. The molecule has 0 bridgehead atoms. The summed E-state index contributed by atoms with van der Waals surface area (Å²) in [5.41, 5.74) is 13.2. The maximum Gasteiger partial charge on any atom is 0.0455 e. The van der Waals surface area contributed by atoms with E-state index in [0.29, 0.717) is 6.54 Å². The first-order valence-electron chi connectivity index (χ1n) is 11.6. The molecule has 0 atom stereocenters. The number of hydrogen-bond acceptors (Lipinski definition) is 4. The van der Waals surface area contributed by atoms with E-state index in [9.17, 15) is 0 Å². The number of rotatable bonds is 9. The van der Waals surface area contributed by atoms with Crippen LogP contribution in [0.4, 0.5) is 11.4 Å². The summed E-state index contributed by atoms with van der Waals surface area (Å²) in [5, 5.41) is 14.6. The third-order valence-corrected chi connectivity index (χ3v) is 6.77. The van der Waals surface area contributed by atoms with Crippen LogP contribution in [0.2, 0.25) is 0 Å². The molecule has 1 aliphatic heterocycles. The van der Waals surface area contributed by atoms with Crippen molar-refractivity contribution < 1.29 is 0 Å². The monoisotopic (exact) mass is 438 g/mol. The van der Waals surface area contributed by atoms with Gasteiger partial charge < -0.3 is 20.9 Å². The molecule has 0 spiro atoms. The summed E-state index contributed by atoms with van der Waals surface area (Å²) in [5.74, 6) is 0. The van der Waals surface area contributed by atoms with Crippen molar-refractivity contribution in [3.05, 3.63) is 101 Å². The SMILES string of the molecule is C=C1Cc2ccc(N/C=C(\C=N)CN(CCc3ccc4c(c3C)CCC4=C)C(=C)C)cc2N1. The maximum absolute atomic E-state index is 7.92. The first-order chi connectivity index (χ1) is 15.9. The number of hydrogen-bond donors (Lipinski definition) is 3. The molecule has 0 saturated carbocycles. The second-order valence-corrected chi connectivity index (χ2v) is 9.17. The zero-order chi connectivity index (χ0) is 23.5. The first kappa shape index (κ1) is 22.7. The van der Waals surface area contributed by atoms with Gasteiger partial charge in [0.05, 0.1) is 0 Å². The Labute approximate surface area is 197 Å². The van der Waals surface area contributed by atoms with Crippen molar-refractivity contribution in [1.29, 1.82) is 5.41 Å². The average Bonchev–Trinajstić information content (AvgIpc) is 3.35. The first-order valence-corrected chi connectivity index (χ1v) is 11.6. The molecule has 1 heterocycles. The second kappa shape index (κ2) is 9.53. The molecular formula is C29H34N4. The minimum atomic E-state index is 0.645. The molecule has 0 aromatic heterocycles. The number of allylic oxidation sites excluding steroid dienone is 3. The molecule has 0 amide bonds. The normalized spacial score (nSPS) is 14.5. The van der Waals surface area contributed by atoms with Gasteiger partial charge in [-0.25, -0.2) is 0 Å². The Bertz CT molecular complexity index is 1170. The molecule has 2 aromatic rings. The van der Waals surface area contributed by atoms with Crippen LogP contribution >= 0.6 is 0 Å². The number of benzene rings is 2. The van der Waals surface area contributed by atoms with Crippen LogP contribution in [0.15, 0.2) is 73.2 Å². The molecule has 0 saturated heterocycles. The van der Waals surface area contributed by atoms with Crippen molar-refractivity contribution >= 4 is 23.2 Å². The molecule has 0 fully saturated rings. The Hall–Kier alpha value is -3.53. The van der Waals surface area contributed by atoms with Gasteiger partial charge in [0.15, 0.2) is 0 Å². The molecule has 2 aromatic carbocycles. The van der Waals surface area contributed by atoms with E-state index in [1.54, 1.807) is 0 Å². The highest BCUT2D eigenvalue weighted by Crippen LogP contribution is 2.34. The summed E-state index contributed by atoms with van der Waals surface area (Å²) in [7, 11) is 0. The van der Waals surface area contributed by atoms with Gasteiger partial charge in [0.2, 0.25) is 0 Å². The van der Waals surface area contributed by atoms with Crippen LogP contribution in [0.3, 0.4) is 0 Å². The van der Waals surface area contributed by atoms with Gasteiger partial charge in [0.25, 0.3) is 0 Å². The fourth-order valence-electron chi connectivity index (χ4n) is 4.73. The summed E-state index contributed by atoms with van der Waals surface area (Å²) in [4.78, 5) is 2.25. The van der Waals surface area contributed by atoms with Crippen molar-refractivity contribution in [3.8, 4) is 0 Å². The lowest BCUT2D eigenvalue weighted by Gasteiger charge is -2.26. The van der Waals surface area contributed by atoms with Gasteiger partial charge in [-0.2, -0.15) is 0 Å². The smallest absolute Gasteiger partial charge is 0.0455 e. The van der Waals surface area contributed by atoms with E-state index in [2.05, 4.69) is 72.5 Å². The summed E-state index contributed by atoms with van der Waals surface area (Å²) >= 11 is 0. The molecule has 0 unspecified atom stereocenters. The maximum atomic E-state index is 7.92. The topological polar surface area (TPSA) is 51.2 Å². The molecule has 4 rings (SSSR count). The summed E-state index contributed by atoms with van der Waals surface area (Å²) < 4.78 is 0. The second-order valence-electron chi connectivity index (χ2n) is 9.17. The van der Waals surface area contributed by atoms with E-state index >= 15 is 0 Å². The molecule has 170 valence electrons. The third-order valence-electron chi connectivity index (χ3n) is 6.77. The van der Waals surface area contributed by atoms with Gasteiger partial charge in [-0.1, -0.05) is 37.9 Å². The predicted molar refractivity (Wildman–Crippen MR) is 142 cm³/mol. The lowest BCUT2D eigenvalue weighted by Crippen LogP contribution is -2.27. The molecule has 2 aliphatic rings. The average molecular weight is 439 g/mol. The highest BCUT2D eigenvalue weighted by atomic mass is 15.1. The van der Waals surface area contributed by atoms with Gasteiger partial charge >= 0.3 is 0 Å². The van der Waals surface area contributed by atoms with E-state index in [0.717, 1.165) is 60.6 Å². The molecule has 3 N–H and O–H groups in total. The van der Waals surface area contributed by atoms with Crippen molar-refractivity contribution in [2.24, 2.45) is 0 Å². The Morgan fingerprint density at radius 2 is 2.03 bits per heavy atom. The summed E-state index contributed by atoms with van der Waals surface area (Å²) in [6.07, 6.45) is 7.36. The van der Waals surface area contributed by atoms with Crippen LogP contribution in [0.25, 0.3) is 5.57 Å². The van der Waals surface area contributed by atoms with Gasteiger partial charge in [-0.05, 0) is 78.6 Å². The molecule has 1 aliphatic carbocycles. The lowest BCUT2D eigenvalue weighted by molar-refractivity contribution is 0.382. The van der Waals surface area contributed by atoms with Crippen LogP contribution in [0, 0.1) is 12.3 Å². The van der Waals surface area contributed by atoms with Crippen LogP contribution in [0.1, 0.15) is 41.2 Å². The minimum absolute atomic E-state index is 0.645. The largest absolute Gasteiger partial charge is 0.371 e. The highest BCUT2D eigenvalue weighted by Gasteiger charge is 2.18. The van der Waals surface area contributed by atoms with Crippen LogP contribution < -0.4 is 10.6 Å². The van der Waals surface area contributed by atoms with Crippen LogP contribution in [-0.4, -0.2) is 24.2 Å². The Kier molecular flexibility index (Phi) is 6.55. The van der Waals surface area contributed by atoms with Crippen LogP contribution in [0.5, 0.6) is 0 Å². The van der Waals surface area contributed by atoms with Gasteiger partial charge in [0, 0.05) is 60.3 Å². The van der Waals surface area contributed by atoms with Gasteiger partial charge in [-0.15, -0.1) is 0 Å². The van der Waals surface area contributed by atoms with Crippen molar-refractivity contribution in [2.45, 2.75) is 39.5 Å². The quantitative estimate of drug-likeness (QED) is 0.394. The molecule has 33 heavy (non-hydrogen) atoms. The fraction of sp³-hybridized carbons (Fsp3) is 0.276. The minimum Gasteiger partial charge on any atom is -0.371 e. The fourth-order valence-corrected chi connectivity index (χ4v) is 4.73. The zero-order valence-corrected chi connectivity index (χ0v) is 19.9. The number of fused-ring (bicyclic) bond motifs is 2. The number of nitrogens with zero attached hydrogens (tertiary/aromatic N) is 1. The van der Waals surface area contributed by atoms with E-state index < -0.39 is 0 Å². The lowest BCUT2D eigenvalue weighted by atomic mass is 9.96.